The number of esters is 1. The van der Waals surface area contributed by atoms with Crippen molar-refractivity contribution in [2.24, 2.45) is 58.2 Å². The van der Waals surface area contributed by atoms with Crippen molar-refractivity contribution in [3.8, 4) is 0 Å². The van der Waals surface area contributed by atoms with Crippen LogP contribution in [0, 0.1) is 58.2 Å². The summed E-state index contributed by atoms with van der Waals surface area (Å²) in [5, 5.41) is 11.7. The third-order valence-electron chi connectivity index (χ3n) is 11.9. The van der Waals surface area contributed by atoms with E-state index >= 15 is 0 Å². The number of hydrogen-bond donors (Lipinski definition) is 1. The maximum Gasteiger partial charge on any atom is 0.302 e. The normalized spacial score (nSPS) is 46.8. The lowest BCUT2D eigenvalue weighted by Crippen LogP contribution is -2.59. The lowest BCUT2D eigenvalue weighted by Gasteiger charge is -2.62. The molecule has 3 nitrogen and oxygen atoms in total. The summed E-state index contributed by atoms with van der Waals surface area (Å²) in [5.74, 6) is 5.44. The van der Waals surface area contributed by atoms with E-state index in [1.165, 1.54) is 45.4 Å². The van der Waals surface area contributed by atoms with Crippen LogP contribution in [0.3, 0.4) is 0 Å². The molecular formula is C30H52O3. The maximum atomic E-state index is 11.7. The summed E-state index contributed by atoms with van der Waals surface area (Å²) in [7, 11) is 0. The Morgan fingerprint density at radius 2 is 1.73 bits per heavy atom. The molecule has 4 aliphatic carbocycles. The van der Waals surface area contributed by atoms with Gasteiger partial charge in [0.05, 0.1) is 6.10 Å². The van der Waals surface area contributed by atoms with E-state index in [0.29, 0.717) is 23.2 Å². The quantitative estimate of drug-likeness (QED) is 0.424. The molecule has 33 heavy (non-hydrogen) atoms. The standard InChI is InChI=1S/C30H52O3/c1-18(2)19(3)8-9-20(4)25-12-13-26-24-11-10-22-16-23(33-21(5)31)14-15-29(22,6)28(24)27(32)17-30(25,26)7/h18-20,22-28,32H,8-17H2,1-7H3/t19-,20+,22-,23+,24+,25-,26-,27+,28-,29-,30+/m0/s1. The predicted octanol–water partition coefficient (Wildman–Crippen LogP) is 7.26. The number of fused-ring (bicyclic) bond motifs is 5. The zero-order valence-electron chi connectivity index (χ0n) is 22.6. The number of carbonyl (C=O) groups excluding carboxylic acids is 1. The molecule has 11 atom stereocenters. The van der Waals surface area contributed by atoms with Gasteiger partial charge in [-0.1, -0.05) is 54.4 Å². The minimum absolute atomic E-state index is 0.0908. The Bertz CT molecular complexity index is 703. The van der Waals surface area contributed by atoms with Gasteiger partial charge in [-0.3, -0.25) is 4.79 Å². The van der Waals surface area contributed by atoms with Gasteiger partial charge in [0.25, 0.3) is 0 Å². The monoisotopic (exact) mass is 460 g/mol. The van der Waals surface area contributed by atoms with Crippen molar-refractivity contribution in [2.75, 3.05) is 0 Å². The third-order valence-corrected chi connectivity index (χ3v) is 11.9. The zero-order valence-corrected chi connectivity index (χ0v) is 22.6. The van der Waals surface area contributed by atoms with E-state index < -0.39 is 0 Å². The molecule has 0 spiro atoms. The second-order valence-corrected chi connectivity index (χ2v) is 13.8. The Hall–Kier alpha value is -0.570. The molecule has 0 saturated heterocycles. The Labute approximate surface area is 203 Å². The van der Waals surface area contributed by atoms with Crippen molar-refractivity contribution in [3.05, 3.63) is 0 Å². The molecule has 0 bridgehead atoms. The van der Waals surface area contributed by atoms with Crippen LogP contribution in [0.15, 0.2) is 0 Å². The number of rotatable bonds is 6. The molecule has 4 aliphatic rings. The minimum atomic E-state index is -0.170. The molecule has 4 saturated carbocycles. The molecule has 1 N–H and O–H groups in total. The van der Waals surface area contributed by atoms with Crippen molar-refractivity contribution in [3.63, 3.8) is 0 Å². The van der Waals surface area contributed by atoms with E-state index in [2.05, 4.69) is 41.5 Å². The highest BCUT2D eigenvalue weighted by Gasteiger charge is 2.63. The van der Waals surface area contributed by atoms with Gasteiger partial charge in [0.15, 0.2) is 0 Å². The molecular weight excluding hydrogens is 408 g/mol. The first-order chi connectivity index (χ1) is 15.5. The van der Waals surface area contributed by atoms with Gasteiger partial charge >= 0.3 is 5.97 Å². The van der Waals surface area contributed by atoms with Crippen LogP contribution in [0.25, 0.3) is 0 Å². The Morgan fingerprint density at radius 1 is 1.00 bits per heavy atom. The van der Waals surface area contributed by atoms with E-state index in [1.807, 2.05) is 0 Å². The molecule has 4 rings (SSSR count). The zero-order chi connectivity index (χ0) is 24.1. The molecule has 0 unspecified atom stereocenters. The lowest BCUT2D eigenvalue weighted by molar-refractivity contribution is -0.186. The van der Waals surface area contributed by atoms with Crippen molar-refractivity contribution in [1.82, 2.24) is 0 Å². The van der Waals surface area contributed by atoms with Crippen molar-refractivity contribution < 1.29 is 14.6 Å². The summed E-state index contributed by atoms with van der Waals surface area (Å²) in [6.45, 7) is 16.2. The molecule has 3 heteroatoms. The minimum Gasteiger partial charge on any atom is -0.463 e. The van der Waals surface area contributed by atoms with Gasteiger partial charge in [-0.2, -0.15) is 0 Å². The molecule has 0 aromatic rings. The van der Waals surface area contributed by atoms with Crippen LogP contribution in [0.2, 0.25) is 0 Å². The van der Waals surface area contributed by atoms with Gasteiger partial charge in [-0.25, -0.2) is 0 Å². The molecule has 0 aromatic carbocycles. The van der Waals surface area contributed by atoms with Gasteiger partial charge < -0.3 is 9.84 Å². The first-order valence-corrected chi connectivity index (χ1v) is 14.3. The van der Waals surface area contributed by atoms with E-state index in [0.717, 1.165) is 55.3 Å². The molecule has 0 aliphatic heterocycles. The molecule has 0 radical (unpaired) electrons. The largest absolute Gasteiger partial charge is 0.463 e. The van der Waals surface area contributed by atoms with Gasteiger partial charge in [-0.05, 0) is 110 Å². The van der Waals surface area contributed by atoms with Crippen LogP contribution < -0.4 is 0 Å². The van der Waals surface area contributed by atoms with Crippen molar-refractivity contribution in [1.29, 1.82) is 0 Å². The molecule has 0 aromatic heterocycles. The highest BCUT2D eigenvalue weighted by Crippen LogP contribution is 2.68. The fourth-order valence-corrected chi connectivity index (χ4v) is 9.72. The Kier molecular flexibility index (Phi) is 7.33. The Morgan fingerprint density at radius 3 is 2.39 bits per heavy atom. The number of aliphatic hydroxyl groups excluding tert-OH is 1. The molecule has 190 valence electrons. The summed E-state index contributed by atoms with van der Waals surface area (Å²) in [6.07, 6.45) is 11.9. The topological polar surface area (TPSA) is 46.5 Å². The van der Waals surface area contributed by atoms with Gasteiger partial charge in [0.2, 0.25) is 0 Å². The number of ether oxygens (including phenoxy) is 1. The molecule has 0 amide bonds. The summed E-state index contributed by atoms with van der Waals surface area (Å²) >= 11 is 0. The van der Waals surface area contributed by atoms with E-state index in [-0.39, 0.29) is 23.6 Å². The summed E-state index contributed by atoms with van der Waals surface area (Å²) in [4.78, 5) is 11.5. The van der Waals surface area contributed by atoms with E-state index in [1.54, 1.807) is 0 Å². The van der Waals surface area contributed by atoms with Crippen LogP contribution in [0.5, 0.6) is 0 Å². The summed E-state index contributed by atoms with van der Waals surface area (Å²) in [6, 6.07) is 0. The van der Waals surface area contributed by atoms with E-state index in [9.17, 15) is 9.90 Å². The third kappa shape index (κ3) is 4.54. The van der Waals surface area contributed by atoms with Crippen LogP contribution in [-0.2, 0) is 9.53 Å². The van der Waals surface area contributed by atoms with Gasteiger partial charge in [-0.15, -0.1) is 0 Å². The summed E-state index contributed by atoms with van der Waals surface area (Å²) < 4.78 is 5.63. The van der Waals surface area contributed by atoms with Gasteiger partial charge in [0, 0.05) is 6.92 Å². The fraction of sp³-hybridized carbons (Fsp3) is 0.967. The SMILES string of the molecule is CC(=O)O[C@@H]1CC[C@@]2(C)[C@@H](CC[C@H]3[C@H]2[C@H](O)C[C@@]2(C)[C@H]3CC[C@H]2[C@H](C)CC[C@H](C)C(C)C)C1. The average Bonchev–Trinajstić information content (AvgIpc) is 3.07. The number of aliphatic hydroxyl groups is 1. The van der Waals surface area contributed by atoms with Crippen molar-refractivity contribution in [2.45, 2.75) is 125 Å². The molecule has 4 fully saturated rings. The van der Waals surface area contributed by atoms with Gasteiger partial charge in [0.1, 0.15) is 6.10 Å². The second kappa shape index (κ2) is 9.47. The summed E-state index contributed by atoms with van der Waals surface area (Å²) in [5.41, 5.74) is 0.510. The number of carbonyl (C=O) groups is 1. The number of hydrogen-bond acceptors (Lipinski definition) is 3. The highest BCUT2D eigenvalue weighted by atomic mass is 16.5. The first kappa shape index (κ1) is 25.5. The lowest BCUT2D eigenvalue weighted by atomic mass is 9.43. The van der Waals surface area contributed by atoms with Crippen LogP contribution in [0.1, 0.15) is 113 Å². The first-order valence-electron chi connectivity index (χ1n) is 14.3. The fourth-order valence-electron chi connectivity index (χ4n) is 9.72. The predicted molar refractivity (Wildman–Crippen MR) is 135 cm³/mol. The van der Waals surface area contributed by atoms with Crippen LogP contribution in [-0.4, -0.2) is 23.3 Å². The Balaban J connectivity index is 1.48. The van der Waals surface area contributed by atoms with Crippen LogP contribution >= 0.6 is 0 Å². The van der Waals surface area contributed by atoms with Crippen molar-refractivity contribution >= 4 is 5.97 Å². The van der Waals surface area contributed by atoms with E-state index in [4.69, 9.17) is 4.74 Å². The molecule has 0 heterocycles. The maximum absolute atomic E-state index is 11.7. The average molecular weight is 461 g/mol. The highest BCUT2D eigenvalue weighted by molar-refractivity contribution is 5.66. The van der Waals surface area contributed by atoms with Crippen LogP contribution in [0.4, 0.5) is 0 Å². The second-order valence-electron chi connectivity index (χ2n) is 13.8. The smallest absolute Gasteiger partial charge is 0.302 e.